The van der Waals surface area contributed by atoms with Gasteiger partial charge < -0.3 is 15.4 Å². The topological polar surface area (TPSA) is 235 Å². The zero-order valence-corrected chi connectivity index (χ0v) is 29.8. The Kier molecular flexibility index (Phi) is 12.4. The Morgan fingerprint density at radius 3 is 1.52 bits per heavy atom. The van der Waals surface area contributed by atoms with Gasteiger partial charge in [0.15, 0.2) is 0 Å². The van der Waals surface area contributed by atoms with Crippen molar-refractivity contribution in [2.45, 2.75) is 9.79 Å². The minimum absolute atomic E-state index is 0. The molecule has 5 rings (SSSR count). The van der Waals surface area contributed by atoms with Crippen molar-refractivity contribution in [2.24, 2.45) is 30.7 Å². The molecule has 0 aliphatic rings. The van der Waals surface area contributed by atoms with Gasteiger partial charge in [0.2, 0.25) is 0 Å². The summed E-state index contributed by atoms with van der Waals surface area (Å²) in [5.41, 5.74) is 6.79. The van der Waals surface area contributed by atoms with Crippen molar-refractivity contribution in [1.82, 2.24) is 0 Å². The molecule has 5 aromatic rings. The Balaban J connectivity index is 0.00000288. The minimum atomic E-state index is -5.05. The van der Waals surface area contributed by atoms with Gasteiger partial charge in [-0.1, -0.05) is 24.3 Å². The molecular formula is C28H19N7Na2O7S2. The van der Waals surface area contributed by atoms with Crippen molar-refractivity contribution in [3.8, 4) is 5.75 Å². The fraction of sp³-hybridized carbons (Fsp3) is 0. The van der Waals surface area contributed by atoms with Crippen molar-refractivity contribution in [3.05, 3.63) is 97.1 Å². The summed E-state index contributed by atoms with van der Waals surface area (Å²) in [7, 11) is -9.91. The summed E-state index contributed by atoms with van der Waals surface area (Å²) in [6.07, 6.45) is 0. The number of hydrogen-bond acceptors (Lipinski definition) is 13. The number of nitrogens with two attached hydrogens (primary N) is 1. The summed E-state index contributed by atoms with van der Waals surface area (Å²) in [6.45, 7) is 0. The number of rotatable bonds is 8. The quantitative estimate of drug-likeness (QED) is 0.103. The van der Waals surface area contributed by atoms with E-state index >= 15 is 0 Å². The van der Waals surface area contributed by atoms with E-state index in [0.29, 0.717) is 17.1 Å². The van der Waals surface area contributed by atoms with Crippen LogP contribution in [0.1, 0.15) is 0 Å². The maximum Gasteiger partial charge on any atom is 1.00 e. The molecule has 18 heteroatoms. The molecule has 14 nitrogen and oxygen atoms in total. The monoisotopic (exact) mass is 675 g/mol. The molecular weight excluding hydrogens is 656 g/mol. The molecule has 46 heavy (non-hydrogen) atoms. The second-order valence-electron chi connectivity index (χ2n) is 9.09. The predicted octanol–water partition coefficient (Wildman–Crippen LogP) is 0.901. The molecule has 0 radical (unpaired) electrons. The van der Waals surface area contributed by atoms with E-state index in [-0.39, 0.29) is 98.4 Å². The summed E-state index contributed by atoms with van der Waals surface area (Å²) in [5.74, 6) is -0.256. The maximum atomic E-state index is 12.2. The minimum Gasteiger partial charge on any atom is -0.872 e. The first-order valence-corrected chi connectivity index (χ1v) is 15.2. The van der Waals surface area contributed by atoms with Crippen LogP contribution in [0.25, 0.3) is 10.8 Å². The van der Waals surface area contributed by atoms with Gasteiger partial charge in [-0.25, -0.2) is 8.42 Å². The number of benzene rings is 5. The summed E-state index contributed by atoms with van der Waals surface area (Å²) in [4.78, 5) is -1.41. The molecule has 0 amide bonds. The Bertz CT molecular complexity index is 2200. The first-order valence-electron chi connectivity index (χ1n) is 12.4. The third kappa shape index (κ3) is 9.32. The number of fused-ring (bicyclic) bond motifs is 1. The Hall–Kier alpha value is -3.42. The van der Waals surface area contributed by atoms with E-state index < -0.39 is 30.0 Å². The molecule has 0 aromatic heterocycles. The molecule has 0 atom stereocenters. The van der Waals surface area contributed by atoms with Crippen LogP contribution in [0.2, 0.25) is 0 Å². The summed E-state index contributed by atoms with van der Waals surface area (Å²) in [5, 5.41) is 35.5. The fourth-order valence-corrected chi connectivity index (χ4v) is 5.15. The molecule has 5 aromatic carbocycles. The second-order valence-corrected chi connectivity index (χ2v) is 11.8. The van der Waals surface area contributed by atoms with Crippen LogP contribution < -0.4 is 70.0 Å². The number of hydrogen-bond donors (Lipinski definition) is 2. The van der Waals surface area contributed by atoms with Crippen LogP contribution in [0.5, 0.6) is 5.75 Å². The zero-order valence-electron chi connectivity index (χ0n) is 24.2. The first kappa shape index (κ1) is 37.0. The van der Waals surface area contributed by atoms with Gasteiger partial charge in [-0.05, 0) is 83.6 Å². The van der Waals surface area contributed by atoms with Gasteiger partial charge in [-0.15, -0.1) is 21.1 Å². The molecule has 0 bridgehead atoms. The number of nitrogen functional groups attached to an aromatic ring is 1. The summed E-state index contributed by atoms with van der Waals surface area (Å²) in [6, 6.07) is 22.9. The van der Waals surface area contributed by atoms with Gasteiger partial charge in [0.1, 0.15) is 32.1 Å². The van der Waals surface area contributed by atoms with Crippen LogP contribution in [0.4, 0.5) is 39.8 Å². The number of nitrogens with zero attached hydrogens (tertiary/aromatic N) is 6. The van der Waals surface area contributed by atoms with Gasteiger partial charge >= 0.3 is 59.1 Å². The van der Waals surface area contributed by atoms with E-state index in [0.717, 1.165) is 12.1 Å². The van der Waals surface area contributed by atoms with E-state index in [1.165, 1.54) is 42.5 Å². The number of anilines is 1. The predicted molar refractivity (Wildman–Crippen MR) is 157 cm³/mol. The molecule has 0 spiro atoms. The van der Waals surface area contributed by atoms with Gasteiger partial charge in [0.05, 0.1) is 27.6 Å². The molecule has 222 valence electrons. The van der Waals surface area contributed by atoms with Crippen LogP contribution in [0.3, 0.4) is 0 Å². The van der Waals surface area contributed by atoms with Crippen molar-refractivity contribution in [2.75, 3.05) is 5.73 Å². The molecule has 0 heterocycles. The van der Waals surface area contributed by atoms with E-state index in [1.807, 2.05) is 0 Å². The van der Waals surface area contributed by atoms with Gasteiger partial charge in [-0.3, -0.25) is 4.55 Å². The Morgan fingerprint density at radius 2 is 1.02 bits per heavy atom. The molecule has 0 fully saturated rings. The third-order valence-electron chi connectivity index (χ3n) is 5.97. The molecule has 0 aliphatic heterocycles. The standard InChI is InChI=1S/C28H21N7O7S2.2Na/c29-23-16-22(36)10-11-24(23)33-31-20-6-8-21(9-7-20)32-35-26-13-17-12-25(34-30-19-4-2-1-3-5-19)27(43(37,38)39)14-18(17)15-28(26)44(40,41)42;;/h1-16,36H,29H2,(H,37,38,39)(H,40,41,42);;/q;2*+1/p-2. The molecule has 0 saturated carbocycles. The molecule has 0 aliphatic carbocycles. The van der Waals surface area contributed by atoms with Gasteiger partial charge in [0, 0.05) is 0 Å². The van der Waals surface area contributed by atoms with Crippen LogP contribution in [0.15, 0.2) is 138 Å². The molecule has 0 saturated heterocycles. The SMILES string of the molecule is Nc1cc([O-])ccc1N=Nc1ccc(N=Nc2cc3cc(N=Nc4ccccc4)c(S(=O)(=O)[O-])cc3cc2S(=O)(=O)O)cc1.[Na+].[Na+]. The van der Waals surface area contributed by atoms with Crippen LogP contribution in [-0.4, -0.2) is 25.9 Å². The Labute approximate surface area is 307 Å². The van der Waals surface area contributed by atoms with Crippen molar-refractivity contribution in [3.63, 3.8) is 0 Å². The van der Waals surface area contributed by atoms with Crippen LogP contribution >= 0.6 is 0 Å². The summed E-state index contributed by atoms with van der Waals surface area (Å²) < 4.78 is 70.2. The van der Waals surface area contributed by atoms with Crippen molar-refractivity contribution >= 4 is 70.8 Å². The number of azo groups is 3. The van der Waals surface area contributed by atoms with Crippen LogP contribution in [0, 0.1) is 0 Å². The second kappa shape index (κ2) is 15.4. The van der Waals surface area contributed by atoms with Gasteiger partial charge in [-0.2, -0.15) is 23.8 Å². The Morgan fingerprint density at radius 1 is 0.565 bits per heavy atom. The van der Waals surface area contributed by atoms with Crippen LogP contribution in [-0.2, 0) is 20.2 Å². The van der Waals surface area contributed by atoms with Crippen molar-refractivity contribution < 1.29 is 90.2 Å². The van der Waals surface area contributed by atoms with E-state index in [4.69, 9.17) is 5.73 Å². The third-order valence-corrected chi connectivity index (χ3v) is 7.72. The average Bonchev–Trinajstić information content (AvgIpc) is 2.97. The average molecular weight is 676 g/mol. The molecule has 0 unspecified atom stereocenters. The smallest absolute Gasteiger partial charge is 0.872 e. The van der Waals surface area contributed by atoms with E-state index in [1.54, 1.807) is 42.5 Å². The van der Waals surface area contributed by atoms with Crippen molar-refractivity contribution in [1.29, 1.82) is 0 Å². The normalized spacial score (nSPS) is 12.0. The van der Waals surface area contributed by atoms with E-state index in [2.05, 4.69) is 30.7 Å². The van der Waals surface area contributed by atoms with Gasteiger partial charge in [0.25, 0.3) is 10.1 Å². The largest absolute Gasteiger partial charge is 1.00 e. The fourth-order valence-electron chi connectivity index (χ4n) is 3.89. The molecule has 3 N–H and O–H groups in total. The summed E-state index contributed by atoms with van der Waals surface area (Å²) >= 11 is 0. The maximum absolute atomic E-state index is 12.2. The first-order chi connectivity index (χ1) is 20.9. The zero-order chi connectivity index (χ0) is 31.5. The van der Waals surface area contributed by atoms with E-state index in [9.17, 15) is 31.0 Å².